The summed E-state index contributed by atoms with van der Waals surface area (Å²) in [4.78, 5) is 27.8. The number of aliphatic hydroxyl groups excluding tert-OH is 1. The summed E-state index contributed by atoms with van der Waals surface area (Å²) in [5, 5.41) is 11.3. The molecule has 2 saturated heterocycles. The van der Waals surface area contributed by atoms with Crippen LogP contribution in [0.1, 0.15) is 30.0 Å². The Labute approximate surface area is 191 Å². The molecule has 2 aromatic rings. The van der Waals surface area contributed by atoms with Gasteiger partial charge in [-0.25, -0.2) is 0 Å². The first-order valence-corrected chi connectivity index (χ1v) is 11.0. The molecule has 2 atom stereocenters. The van der Waals surface area contributed by atoms with Gasteiger partial charge in [-0.1, -0.05) is 12.1 Å². The van der Waals surface area contributed by atoms with Crippen LogP contribution < -0.4 is 14.2 Å². The second-order valence-corrected chi connectivity index (χ2v) is 8.22. The number of benzene rings is 2. The van der Waals surface area contributed by atoms with E-state index >= 15 is 0 Å². The third-order valence-electron chi connectivity index (χ3n) is 6.19. The number of hydrogen-bond donors (Lipinski definition) is 1. The van der Waals surface area contributed by atoms with Crippen molar-refractivity contribution in [2.24, 2.45) is 0 Å². The minimum atomic E-state index is -0.766. The van der Waals surface area contributed by atoms with E-state index in [0.29, 0.717) is 48.2 Å². The molecule has 33 heavy (non-hydrogen) atoms. The molecule has 0 aromatic heterocycles. The van der Waals surface area contributed by atoms with Crippen molar-refractivity contribution in [3.63, 3.8) is 0 Å². The number of nitrogens with zero attached hydrogens (tertiary/aromatic N) is 1. The number of ether oxygens (including phenoxy) is 4. The number of rotatable bonds is 5. The van der Waals surface area contributed by atoms with Gasteiger partial charge in [0.05, 0.1) is 24.8 Å². The summed E-state index contributed by atoms with van der Waals surface area (Å²) in [6.07, 6.45) is 1.58. The smallest absolute Gasteiger partial charge is 0.295 e. The largest absolute Gasteiger partial charge is 0.507 e. The minimum absolute atomic E-state index is 0.0305. The van der Waals surface area contributed by atoms with Crippen LogP contribution in [0.5, 0.6) is 17.2 Å². The van der Waals surface area contributed by atoms with E-state index in [0.717, 1.165) is 12.8 Å². The van der Waals surface area contributed by atoms with Gasteiger partial charge in [-0.05, 0) is 48.7 Å². The van der Waals surface area contributed by atoms with Crippen LogP contribution in [0.2, 0.25) is 0 Å². The molecule has 1 N–H and O–H groups in total. The molecule has 2 fully saturated rings. The van der Waals surface area contributed by atoms with Crippen LogP contribution in [0.3, 0.4) is 0 Å². The van der Waals surface area contributed by atoms with Gasteiger partial charge < -0.3 is 29.0 Å². The van der Waals surface area contributed by atoms with Crippen LogP contribution in [-0.4, -0.2) is 61.3 Å². The third kappa shape index (κ3) is 3.91. The highest BCUT2D eigenvalue weighted by molar-refractivity contribution is 6.46. The molecule has 0 radical (unpaired) electrons. The topological polar surface area (TPSA) is 94.5 Å². The van der Waals surface area contributed by atoms with E-state index in [9.17, 15) is 14.7 Å². The number of hydrogen-bond acceptors (Lipinski definition) is 7. The highest BCUT2D eigenvalue weighted by Crippen LogP contribution is 2.42. The highest BCUT2D eigenvalue weighted by atomic mass is 16.6. The van der Waals surface area contributed by atoms with E-state index in [2.05, 4.69) is 0 Å². The summed E-state index contributed by atoms with van der Waals surface area (Å²) >= 11 is 0. The molecule has 172 valence electrons. The predicted molar refractivity (Wildman–Crippen MR) is 118 cm³/mol. The van der Waals surface area contributed by atoms with Crippen LogP contribution >= 0.6 is 0 Å². The van der Waals surface area contributed by atoms with Gasteiger partial charge in [-0.2, -0.15) is 0 Å². The van der Waals surface area contributed by atoms with Crippen LogP contribution in [0.25, 0.3) is 5.76 Å². The normalized spacial score (nSPS) is 23.7. The van der Waals surface area contributed by atoms with Crippen LogP contribution in [0.15, 0.2) is 48.0 Å². The molecular formula is C25H25NO7. The standard InChI is InChI=1S/C25H25NO7/c1-30-17-5-2-4-15(12-17)22-21(24(28)25(29)26(22)14-18-6-3-9-31-18)23(27)16-7-8-19-20(13-16)33-11-10-32-19/h2,4-5,7-8,12-13,18,22,27H,3,6,9-11,14H2,1H3/b23-21-. The van der Waals surface area contributed by atoms with E-state index in [-0.39, 0.29) is 24.0 Å². The molecule has 3 heterocycles. The molecule has 1 amide bonds. The Kier molecular flexibility index (Phi) is 5.68. The molecule has 8 heteroatoms. The minimum Gasteiger partial charge on any atom is -0.507 e. The highest BCUT2D eigenvalue weighted by Gasteiger charge is 2.47. The zero-order valence-electron chi connectivity index (χ0n) is 18.3. The molecular weight excluding hydrogens is 426 g/mol. The average Bonchev–Trinajstić information content (AvgIpc) is 3.45. The van der Waals surface area contributed by atoms with Crippen molar-refractivity contribution in [3.8, 4) is 17.2 Å². The fourth-order valence-electron chi connectivity index (χ4n) is 4.58. The number of likely N-dealkylation sites (tertiary alicyclic amines) is 1. The lowest BCUT2D eigenvalue weighted by Crippen LogP contribution is -2.36. The fourth-order valence-corrected chi connectivity index (χ4v) is 4.58. The van der Waals surface area contributed by atoms with E-state index in [1.807, 2.05) is 6.07 Å². The van der Waals surface area contributed by atoms with Gasteiger partial charge in [0.1, 0.15) is 24.7 Å². The van der Waals surface area contributed by atoms with Crippen molar-refractivity contribution >= 4 is 17.4 Å². The summed E-state index contributed by atoms with van der Waals surface area (Å²) in [5.74, 6) is 0.00549. The lowest BCUT2D eigenvalue weighted by atomic mass is 9.95. The number of amides is 1. The van der Waals surface area contributed by atoms with Gasteiger partial charge in [0.25, 0.3) is 11.7 Å². The maximum atomic E-state index is 13.2. The molecule has 3 aliphatic heterocycles. The second kappa shape index (κ2) is 8.78. The number of methoxy groups -OCH3 is 1. The van der Waals surface area contributed by atoms with E-state index in [4.69, 9.17) is 18.9 Å². The summed E-state index contributed by atoms with van der Waals surface area (Å²) < 4.78 is 22.3. The SMILES string of the molecule is COc1cccc(C2/C(=C(/O)c3ccc4c(c3)OCCO4)C(=O)C(=O)N2CC2CCCO2)c1. The van der Waals surface area contributed by atoms with Crippen molar-refractivity contribution in [3.05, 3.63) is 59.2 Å². The van der Waals surface area contributed by atoms with Gasteiger partial charge in [-0.15, -0.1) is 0 Å². The van der Waals surface area contributed by atoms with Crippen molar-refractivity contribution in [1.29, 1.82) is 0 Å². The number of aliphatic hydroxyl groups is 1. The monoisotopic (exact) mass is 451 g/mol. The summed E-state index contributed by atoms with van der Waals surface area (Å²) in [6.45, 7) is 1.75. The molecule has 0 spiro atoms. The zero-order chi connectivity index (χ0) is 22.9. The van der Waals surface area contributed by atoms with Gasteiger partial charge in [0, 0.05) is 18.7 Å². The Hall–Kier alpha value is -3.52. The Morgan fingerprint density at radius 2 is 1.91 bits per heavy atom. The molecule has 0 bridgehead atoms. The number of carbonyl (C=O) groups is 2. The molecule has 3 aliphatic rings. The second-order valence-electron chi connectivity index (χ2n) is 8.22. The van der Waals surface area contributed by atoms with E-state index in [1.54, 1.807) is 43.5 Å². The van der Waals surface area contributed by atoms with E-state index in [1.165, 1.54) is 4.90 Å². The van der Waals surface area contributed by atoms with Crippen molar-refractivity contribution in [1.82, 2.24) is 4.90 Å². The molecule has 8 nitrogen and oxygen atoms in total. The molecule has 0 saturated carbocycles. The van der Waals surface area contributed by atoms with Gasteiger partial charge in [0.15, 0.2) is 11.5 Å². The van der Waals surface area contributed by atoms with Crippen LogP contribution in [0, 0.1) is 0 Å². The Morgan fingerprint density at radius 3 is 2.67 bits per heavy atom. The Bertz CT molecular complexity index is 1120. The van der Waals surface area contributed by atoms with Gasteiger partial charge in [0.2, 0.25) is 0 Å². The fraction of sp³-hybridized carbons (Fsp3) is 0.360. The lowest BCUT2D eigenvalue weighted by Gasteiger charge is -2.27. The predicted octanol–water partition coefficient (Wildman–Crippen LogP) is 3.07. The number of carbonyl (C=O) groups excluding carboxylic acids is 2. The number of ketones is 1. The van der Waals surface area contributed by atoms with Crippen molar-refractivity contribution in [2.75, 3.05) is 33.5 Å². The maximum Gasteiger partial charge on any atom is 0.295 e. The first-order valence-electron chi connectivity index (χ1n) is 11.0. The zero-order valence-corrected chi connectivity index (χ0v) is 18.3. The third-order valence-corrected chi connectivity index (χ3v) is 6.19. The number of Topliss-reactive ketones (excluding diaryl/α,β-unsaturated/α-hetero) is 1. The lowest BCUT2D eigenvalue weighted by molar-refractivity contribution is -0.140. The van der Waals surface area contributed by atoms with Gasteiger partial charge in [-0.3, -0.25) is 9.59 Å². The summed E-state index contributed by atoms with van der Waals surface area (Å²) in [7, 11) is 1.55. The average molecular weight is 451 g/mol. The molecule has 5 rings (SSSR count). The van der Waals surface area contributed by atoms with Gasteiger partial charge >= 0.3 is 0 Å². The van der Waals surface area contributed by atoms with E-state index < -0.39 is 17.7 Å². The summed E-state index contributed by atoms with van der Waals surface area (Å²) in [6, 6.07) is 11.4. The summed E-state index contributed by atoms with van der Waals surface area (Å²) in [5.41, 5.74) is 1.08. The molecule has 2 unspecified atom stereocenters. The van der Waals surface area contributed by atoms with Crippen LogP contribution in [0.4, 0.5) is 0 Å². The molecule has 0 aliphatic carbocycles. The first kappa shape index (κ1) is 21.3. The first-order chi connectivity index (χ1) is 16.1. The quantitative estimate of drug-likeness (QED) is 0.424. The van der Waals surface area contributed by atoms with Crippen molar-refractivity contribution < 1.29 is 33.6 Å². The molecule has 2 aromatic carbocycles. The van der Waals surface area contributed by atoms with Crippen molar-refractivity contribution in [2.45, 2.75) is 25.0 Å². The number of fused-ring (bicyclic) bond motifs is 1. The Balaban J connectivity index is 1.61. The maximum absolute atomic E-state index is 13.2. The Morgan fingerprint density at radius 1 is 1.09 bits per heavy atom. The van der Waals surface area contributed by atoms with Crippen LogP contribution in [-0.2, 0) is 14.3 Å².